The highest BCUT2D eigenvalue weighted by Crippen LogP contribution is 2.19. The molecule has 2 aromatic heterocycles. The van der Waals surface area contributed by atoms with Crippen molar-refractivity contribution in [2.24, 2.45) is 7.05 Å². The van der Waals surface area contributed by atoms with E-state index in [1.165, 1.54) is 17.2 Å². The summed E-state index contributed by atoms with van der Waals surface area (Å²) in [6.45, 7) is 2.47. The topological polar surface area (TPSA) is 102 Å². The number of sulfonamides is 1. The van der Waals surface area contributed by atoms with Crippen LogP contribution in [-0.4, -0.2) is 34.7 Å². The first-order valence-corrected chi connectivity index (χ1v) is 7.08. The lowest BCUT2D eigenvalue weighted by Gasteiger charge is -2.10. The van der Waals surface area contributed by atoms with Gasteiger partial charge in [0, 0.05) is 19.8 Å². The van der Waals surface area contributed by atoms with E-state index in [0.29, 0.717) is 12.2 Å². The molecule has 9 heteroatoms. The Morgan fingerprint density at radius 2 is 2.16 bits per heavy atom. The number of anilines is 2. The van der Waals surface area contributed by atoms with Gasteiger partial charge in [-0.2, -0.15) is 18.5 Å². The zero-order chi connectivity index (χ0) is 13.9. The summed E-state index contributed by atoms with van der Waals surface area (Å²) in [6.07, 6.45) is 2.69. The average molecular weight is 282 g/mol. The van der Waals surface area contributed by atoms with Crippen molar-refractivity contribution in [3.05, 3.63) is 24.7 Å². The Kier molecular flexibility index (Phi) is 3.65. The summed E-state index contributed by atoms with van der Waals surface area (Å²) in [4.78, 5) is 7.72. The largest absolute Gasteiger partial charge is 0.383 e. The van der Waals surface area contributed by atoms with Crippen LogP contribution in [0, 0.1) is 0 Å². The van der Waals surface area contributed by atoms with Gasteiger partial charge in [0.25, 0.3) is 10.0 Å². The van der Waals surface area contributed by atoms with Crippen molar-refractivity contribution >= 4 is 21.7 Å². The maximum atomic E-state index is 12.3. The molecule has 2 rings (SSSR count). The summed E-state index contributed by atoms with van der Waals surface area (Å²) in [5.41, 5.74) is 0.444. The third-order valence-electron chi connectivity index (χ3n) is 2.33. The van der Waals surface area contributed by atoms with Crippen LogP contribution in [0.2, 0.25) is 0 Å². The predicted molar refractivity (Wildman–Crippen MR) is 70.2 cm³/mol. The molecule has 0 saturated heterocycles. The van der Waals surface area contributed by atoms with Crippen LogP contribution < -0.4 is 10.0 Å². The molecular weight excluding hydrogens is 268 g/mol. The number of hydrogen-bond acceptors (Lipinski definition) is 6. The van der Waals surface area contributed by atoms with E-state index in [-0.39, 0.29) is 11.0 Å². The van der Waals surface area contributed by atoms with E-state index in [0.717, 1.165) is 0 Å². The highest BCUT2D eigenvalue weighted by Gasteiger charge is 2.21. The summed E-state index contributed by atoms with van der Waals surface area (Å²) in [5.74, 6) is 0.133. The van der Waals surface area contributed by atoms with E-state index >= 15 is 0 Å². The maximum Gasteiger partial charge on any atom is 0.283 e. The number of pyridine rings is 1. The van der Waals surface area contributed by atoms with Gasteiger partial charge in [0.1, 0.15) is 6.33 Å². The highest BCUT2D eigenvalue weighted by molar-refractivity contribution is 7.92. The van der Waals surface area contributed by atoms with Crippen LogP contribution in [0.5, 0.6) is 0 Å². The van der Waals surface area contributed by atoms with E-state index in [2.05, 4.69) is 25.1 Å². The van der Waals surface area contributed by atoms with Gasteiger partial charge in [-0.05, 0) is 19.1 Å². The Morgan fingerprint density at radius 1 is 1.37 bits per heavy atom. The van der Waals surface area contributed by atoms with E-state index in [1.807, 2.05) is 6.92 Å². The molecule has 8 nitrogen and oxygen atoms in total. The molecule has 2 N–H and O–H groups in total. The van der Waals surface area contributed by atoms with Crippen molar-refractivity contribution in [1.29, 1.82) is 0 Å². The molecule has 19 heavy (non-hydrogen) atoms. The lowest BCUT2D eigenvalue weighted by molar-refractivity contribution is 0.596. The lowest BCUT2D eigenvalue weighted by Crippen LogP contribution is -2.19. The third-order valence-corrected chi connectivity index (χ3v) is 3.62. The number of nitrogens with one attached hydrogen (secondary N) is 2. The Bertz CT molecular complexity index is 666. The van der Waals surface area contributed by atoms with Crippen molar-refractivity contribution in [3.63, 3.8) is 0 Å². The van der Waals surface area contributed by atoms with Crippen LogP contribution in [0.15, 0.2) is 29.7 Å². The molecule has 0 aliphatic heterocycles. The molecule has 2 heterocycles. The summed E-state index contributed by atoms with van der Waals surface area (Å²) in [5, 5.41) is 6.68. The minimum absolute atomic E-state index is 0.0696. The Labute approximate surface area is 110 Å². The summed E-state index contributed by atoms with van der Waals surface area (Å²) >= 11 is 0. The van der Waals surface area contributed by atoms with E-state index < -0.39 is 10.0 Å². The van der Waals surface area contributed by atoms with Gasteiger partial charge in [0.2, 0.25) is 5.95 Å². The second kappa shape index (κ2) is 5.22. The fourth-order valence-electron chi connectivity index (χ4n) is 1.49. The van der Waals surface area contributed by atoms with Crippen LogP contribution in [0.1, 0.15) is 6.92 Å². The zero-order valence-corrected chi connectivity index (χ0v) is 11.3. The molecule has 0 fully saturated rings. The molecule has 2 aromatic rings. The van der Waals surface area contributed by atoms with Gasteiger partial charge in [0.05, 0.1) is 5.69 Å². The van der Waals surface area contributed by atoms with Crippen molar-refractivity contribution in [1.82, 2.24) is 19.7 Å². The molecule has 0 aliphatic carbocycles. The second-order valence-electron chi connectivity index (χ2n) is 3.70. The number of rotatable bonds is 5. The smallest absolute Gasteiger partial charge is 0.283 e. The van der Waals surface area contributed by atoms with E-state index in [4.69, 9.17) is 0 Å². The van der Waals surface area contributed by atoms with Crippen LogP contribution >= 0.6 is 0 Å². The first-order valence-electron chi connectivity index (χ1n) is 5.60. The molecule has 0 spiro atoms. The number of aromatic nitrogens is 4. The average Bonchev–Trinajstić information content (AvgIpc) is 2.75. The fraction of sp³-hybridized carbons (Fsp3) is 0.300. The first-order chi connectivity index (χ1) is 9.04. The molecule has 0 radical (unpaired) electrons. The fourth-order valence-corrected chi connectivity index (χ4v) is 2.64. The van der Waals surface area contributed by atoms with Gasteiger partial charge in [0.15, 0.2) is 5.03 Å². The highest BCUT2D eigenvalue weighted by atomic mass is 32.2. The van der Waals surface area contributed by atoms with E-state index in [1.54, 1.807) is 19.2 Å². The molecule has 0 amide bonds. The molecule has 0 saturated carbocycles. The summed E-state index contributed by atoms with van der Waals surface area (Å²) in [7, 11) is -2.21. The van der Waals surface area contributed by atoms with Crippen LogP contribution in [0.3, 0.4) is 0 Å². The molecule has 0 bridgehead atoms. The van der Waals surface area contributed by atoms with Gasteiger partial charge >= 0.3 is 0 Å². The molecule has 102 valence electrons. The van der Waals surface area contributed by atoms with E-state index in [9.17, 15) is 8.42 Å². The Morgan fingerprint density at radius 3 is 2.79 bits per heavy atom. The van der Waals surface area contributed by atoms with Crippen molar-refractivity contribution in [2.75, 3.05) is 16.6 Å². The SMILES string of the molecule is CCNc1cccnc1S(=O)(=O)Nc1ncnn1C. The molecule has 0 atom stereocenters. The van der Waals surface area contributed by atoms with Crippen molar-refractivity contribution in [2.45, 2.75) is 11.9 Å². The van der Waals surface area contributed by atoms with Gasteiger partial charge < -0.3 is 5.32 Å². The molecule has 0 aliphatic rings. The number of nitrogens with zero attached hydrogens (tertiary/aromatic N) is 4. The van der Waals surface area contributed by atoms with Gasteiger partial charge in [-0.1, -0.05) is 0 Å². The van der Waals surface area contributed by atoms with Gasteiger partial charge in [-0.25, -0.2) is 14.4 Å². The molecule has 0 aromatic carbocycles. The molecule has 0 unspecified atom stereocenters. The minimum Gasteiger partial charge on any atom is -0.383 e. The predicted octanol–water partition coefficient (Wildman–Crippen LogP) is 0.443. The van der Waals surface area contributed by atoms with Crippen LogP contribution in [-0.2, 0) is 17.1 Å². The minimum atomic E-state index is -3.81. The monoisotopic (exact) mass is 282 g/mol. The molecular formula is C10H14N6O2S. The maximum absolute atomic E-state index is 12.3. The third kappa shape index (κ3) is 2.81. The summed E-state index contributed by atoms with van der Waals surface area (Å²) < 4.78 is 28.2. The Hall–Kier alpha value is -2.16. The summed E-state index contributed by atoms with van der Waals surface area (Å²) in [6, 6.07) is 3.32. The normalized spacial score (nSPS) is 11.3. The van der Waals surface area contributed by atoms with Crippen LogP contribution in [0.25, 0.3) is 0 Å². The zero-order valence-electron chi connectivity index (χ0n) is 10.5. The van der Waals surface area contributed by atoms with Gasteiger partial charge in [-0.3, -0.25) is 0 Å². The lowest BCUT2D eigenvalue weighted by atomic mass is 10.4. The van der Waals surface area contributed by atoms with Gasteiger partial charge in [-0.15, -0.1) is 0 Å². The first kappa shape index (κ1) is 13.3. The van der Waals surface area contributed by atoms with Crippen molar-refractivity contribution in [3.8, 4) is 0 Å². The van der Waals surface area contributed by atoms with Crippen LogP contribution in [0.4, 0.5) is 11.6 Å². The second-order valence-corrected chi connectivity index (χ2v) is 5.30. The quantitative estimate of drug-likeness (QED) is 0.825. The number of aryl methyl sites for hydroxylation is 1. The standard InChI is InChI=1S/C10H14N6O2S/c1-3-11-8-5-4-6-12-9(8)19(17,18)15-10-13-7-14-16(10)2/h4-7,11H,3H2,1-2H3,(H,13,14,15). The van der Waals surface area contributed by atoms with Crippen molar-refractivity contribution < 1.29 is 8.42 Å². The Balaban J connectivity index is 2.37. The number of hydrogen-bond donors (Lipinski definition) is 2.